The molecule has 35 heavy (non-hydrogen) atoms. The Morgan fingerprint density at radius 2 is 1.57 bits per heavy atom. The fourth-order valence-electron chi connectivity index (χ4n) is 3.21. The summed E-state index contributed by atoms with van der Waals surface area (Å²) in [5, 5.41) is 13.5. The summed E-state index contributed by atoms with van der Waals surface area (Å²) in [7, 11) is 0. The number of carbonyl (C=O) groups is 4. The average Bonchev–Trinajstić information content (AvgIpc) is 2.86. The summed E-state index contributed by atoms with van der Waals surface area (Å²) in [5.41, 5.74) is 0.369. The molecule has 0 saturated heterocycles. The molecule has 0 aliphatic heterocycles. The third kappa shape index (κ3) is 6.61. The fourth-order valence-corrected chi connectivity index (χ4v) is 3.76. The Morgan fingerprint density at radius 3 is 2.23 bits per heavy atom. The number of thioether (sulfide) groups is 1. The molecule has 0 atom stereocenters. The van der Waals surface area contributed by atoms with Gasteiger partial charge in [0.25, 0.3) is 11.6 Å². The number of hydrogen-bond acceptors (Lipinski definition) is 8. The summed E-state index contributed by atoms with van der Waals surface area (Å²) in [6.45, 7) is -0.726. The van der Waals surface area contributed by atoms with Crippen molar-refractivity contribution in [2.45, 2.75) is 11.3 Å². The summed E-state index contributed by atoms with van der Waals surface area (Å²) in [6, 6.07) is 18.6. The number of carbonyl (C=O) groups excluding carboxylic acids is 4. The Kier molecular flexibility index (Phi) is 8.47. The van der Waals surface area contributed by atoms with E-state index in [4.69, 9.17) is 4.74 Å². The van der Waals surface area contributed by atoms with Crippen LogP contribution < -0.4 is 5.32 Å². The van der Waals surface area contributed by atoms with Crippen molar-refractivity contribution in [1.82, 2.24) is 5.32 Å². The SMILES string of the molecule is CSc1ccc(C(=O)c2ccccc2C(=O)OCC(=O)NC(=O)Cc2ccccc2)cc1[N+](=O)[O-]. The van der Waals surface area contributed by atoms with Crippen LogP contribution in [0.4, 0.5) is 5.69 Å². The molecule has 178 valence electrons. The summed E-state index contributed by atoms with van der Waals surface area (Å²) >= 11 is 1.17. The number of benzene rings is 3. The zero-order valence-electron chi connectivity index (χ0n) is 18.6. The van der Waals surface area contributed by atoms with Gasteiger partial charge in [-0.3, -0.25) is 29.8 Å². The molecule has 3 aromatic rings. The van der Waals surface area contributed by atoms with Crippen LogP contribution in [0.1, 0.15) is 31.8 Å². The van der Waals surface area contributed by atoms with Gasteiger partial charge in [-0.05, 0) is 30.0 Å². The van der Waals surface area contributed by atoms with Crippen LogP contribution >= 0.6 is 11.8 Å². The minimum atomic E-state index is -0.949. The lowest BCUT2D eigenvalue weighted by molar-refractivity contribution is -0.387. The zero-order chi connectivity index (χ0) is 25.4. The molecule has 0 aliphatic rings. The van der Waals surface area contributed by atoms with Gasteiger partial charge < -0.3 is 4.74 Å². The van der Waals surface area contributed by atoms with Gasteiger partial charge in [0.05, 0.1) is 21.8 Å². The number of nitrogens with zero attached hydrogens (tertiary/aromatic N) is 1. The lowest BCUT2D eigenvalue weighted by Crippen LogP contribution is -2.35. The highest BCUT2D eigenvalue weighted by Crippen LogP contribution is 2.29. The molecule has 0 aliphatic carbocycles. The van der Waals surface area contributed by atoms with Crippen LogP contribution in [0.5, 0.6) is 0 Å². The van der Waals surface area contributed by atoms with Crippen molar-refractivity contribution in [2.75, 3.05) is 12.9 Å². The number of hydrogen-bond donors (Lipinski definition) is 1. The van der Waals surface area contributed by atoms with E-state index in [0.717, 1.165) is 6.07 Å². The van der Waals surface area contributed by atoms with E-state index < -0.39 is 35.1 Å². The number of ketones is 1. The quantitative estimate of drug-likeness (QED) is 0.158. The normalized spacial score (nSPS) is 10.3. The van der Waals surface area contributed by atoms with E-state index >= 15 is 0 Å². The lowest BCUT2D eigenvalue weighted by Gasteiger charge is -2.10. The van der Waals surface area contributed by atoms with Crippen molar-refractivity contribution in [3.05, 3.63) is 105 Å². The van der Waals surface area contributed by atoms with Crippen LogP contribution in [0, 0.1) is 10.1 Å². The van der Waals surface area contributed by atoms with E-state index in [1.54, 1.807) is 36.6 Å². The Balaban J connectivity index is 1.68. The second-order valence-electron chi connectivity index (χ2n) is 7.23. The molecular weight excluding hydrogens is 472 g/mol. The number of esters is 1. The molecule has 0 fully saturated rings. The maximum Gasteiger partial charge on any atom is 0.339 e. The van der Waals surface area contributed by atoms with E-state index in [-0.39, 0.29) is 28.8 Å². The van der Waals surface area contributed by atoms with Gasteiger partial charge in [-0.25, -0.2) is 4.79 Å². The van der Waals surface area contributed by atoms with E-state index in [1.165, 1.54) is 48.2 Å². The van der Waals surface area contributed by atoms with Crippen LogP contribution in [0.15, 0.2) is 77.7 Å². The Labute approximate surface area is 204 Å². The molecule has 9 nitrogen and oxygen atoms in total. The van der Waals surface area contributed by atoms with Crippen LogP contribution in [0.25, 0.3) is 0 Å². The number of nitro benzene ring substituents is 1. The minimum Gasteiger partial charge on any atom is -0.452 e. The number of imide groups is 1. The second-order valence-corrected chi connectivity index (χ2v) is 8.08. The molecule has 0 saturated carbocycles. The van der Waals surface area contributed by atoms with Gasteiger partial charge in [0.2, 0.25) is 5.91 Å². The van der Waals surface area contributed by atoms with Crippen LogP contribution in [0.2, 0.25) is 0 Å². The van der Waals surface area contributed by atoms with Crippen molar-refractivity contribution in [3.8, 4) is 0 Å². The maximum absolute atomic E-state index is 13.0. The third-order valence-electron chi connectivity index (χ3n) is 4.85. The van der Waals surface area contributed by atoms with Gasteiger partial charge in [0, 0.05) is 17.2 Å². The number of ether oxygens (including phenoxy) is 1. The highest BCUT2D eigenvalue weighted by atomic mass is 32.2. The zero-order valence-corrected chi connectivity index (χ0v) is 19.4. The van der Waals surface area contributed by atoms with Crippen molar-refractivity contribution in [1.29, 1.82) is 0 Å². The standard InChI is InChI=1S/C25H20N2O7S/c1-35-21-12-11-17(14-20(21)27(32)33)24(30)18-9-5-6-10-19(18)25(31)34-15-23(29)26-22(28)13-16-7-3-2-4-8-16/h2-12,14H,13,15H2,1H3,(H,26,28,29). The van der Waals surface area contributed by atoms with Gasteiger partial charge in [0.1, 0.15) is 0 Å². The third-order valence-corrected chi connectivity index (χ3v) is 5.64. The second kappa shape index (κ2) is 11.7. The molecule has 0 heterocycles. The molecule has 10 heteroatoms. The molecule has 0 spiro atoms. The van der Waals surface area contributed by atoms with Crippen LogP contribution in [0.3, 0.4) is 0 Å². The van der Waals surface area contributed by atoms with Crippen LogP contribution in [-0.2, 0) is 20.7 Å². The van der Waals surface area contributed by atoms with Gasteiger partial charge in [-0.2, -0.15) is 0 Å². The summed E-state index contributed by atoms with van der Waals surface area (Å²) < 4.78 is 5.00. The first-order valence-electron chi connectivity index (χ1n) is 10.3. The summed E-state index contributed by atoms with van der Waals surface area (Å²) in [4.78, 5) is 60.8. The predicted octanol–water partition coefficient (Wildman–Crippen LogP) is 3.59. The highest BCUT2D eigenvalue weighted by Gasteiger charge is 2.23. The van der Waals surface area contributed by atoms with Gasteiger partial charge in [-0.1, -0.05) is 48.5 Å². The first-order valence-corrected chi connectivity index (χ1v) is 11.5. The monoisotopic (exact) mass is 492 g/mol. The minimum absolute atomic E-state index is 0.0146. The summed E-state index contributed by atoms with van der Waals surface area (Å²) in [5.74, 6) is -2.93. The first kappa shape index (κ1) is 25.3. The van der Waals surface area contributed by atoms with Crippen LogP contribution in [-0.4, -0.2) is 41.4 Å². The molecule has 3 rings (SSSR count). The Morgan fingerprint density at radius 1 is 0.914 bits per heavy atom. The molecule has 0 radical (unpaired) electrons. The molecule has 0 unspecified atom stereocenters. The van der Waals surface area contributed by atoms with Gasteiger partial charge in [0.15, 0.2) is 12.4 Å². The van der Waals surface area contributed by atoms with Crippen molar-refractivity contribution < 1.29 is 28.8 Å². The average molecular weight is 493 g/mol. The van der Waals surface area contributed by atoms with E-state index in [2.05, 4.69) is 5.32 Å². The molecular formula is C25H20N2O7S. The lowest BCUT2D eigenvalue weighted by atomic mass is 9.98. The number of rotatable bonds is 9. The number of nitro groups is 1. The highest BCUT2D eigenvalue weighted by molar-refractivity contribution is 7.98. The number of nitrogens with one attached hydrogen (secondary N) is 1. The van der Waals surface area contributed by atoms with Crippen molar-refractivity contribution >= 4 is 41.0 Å². The van der Waals surface area contributed by atoms with Gasteiger partial charge in [-0.15, -0.1) is 11.8 Å². The topological polar surface area (TPSA) is 133 Å². The summed E-state index contributed by atoms with van der Waals surface area (Å²) in [6.07, 6.45) is 1.67. The first-order chi connectivity index (χ1) is 16.8. The van der Waals surface area contributed by atoms with E-state index in [0.29, 0.717) is 10.5 Å². The Bertz CT molecular complexity index is 1290. The maximum atomic E-state index is 13.0. The molecule has 1 N–H and O–H groups in total. The largest absolute Gasteiger partial charge is 0.452 e. The number of amides is 2. The predicted molar refractivity (Wildman–Crippen MR) is 128 cm³/mol. The van der Waals surface area contributed by atoms with E-state index in [1.807, 2.05) is 0 Å². The molecule has 2 amide bonds. The fraction of sp³-hybridized carbons (Fsp3) is 0.120. The molecule has 3 aromatic carbocycles. The Hall–Kier alpha value is -4.31. The van der Waals surface area contributed by atoms with Crippen molar-refractivity contribution in [3.63, 3.8) is 0 Å². The van der Waals surface area contributed by atoms with Gasteiger partial charge >= 0.3 is 5.97 Å². The van der Waals surface area contributed by atoms with E-state index in [9.17, 15) is 29.3 Å². The molecule has 0 bridgehead atoms. The molecule has 0 aromatic heterocycles. The van der Waals surface area contributed by atoms with Crippen molar-refractivity contribution in [2.24, 2.45) is 0 Å². The smallest absolute Gasteiger partial charge is 0.339 e.